The van der Waals surface area contributed by atoms with Gasteiger partial charge in [-0.2, -0.15) is 26.3 Å². The number of H-pyrrole nitrogens is 1. The molecule has 5 rings (SSSR count). The van der Waals surface area contributed by atoms with Gasteiger partial charge in [-0.1, -0.05) is 6.07 Å². The number of hydrogen-bond donors (Lipinski definition) is 5. The maximum Gasteiger partial charge on any atom is 0.418 e. The average molecular weight is 614 g/mol. The van der Waals surface area contributed by atoms with Crippen molar-refractivity contribution < 1.29 is 45.8 Å². The lowest BCUT2D eigenvalue weighted by Crippen LogP contribution is -2.40. The molecule has 232 valence electrons. The number of alkyl halides is 6. The van der Waals surface area contributed by atoms with E-state index >= 15 is 0 Å². The molecule has 1 aromatic heterocycles. The summed E-state index contributed by atoms with van der Waals surface area (Å²) in [5.41, 5.74) is -1.78. The molecule has 2 aliphatic rings. The Balaban J connectivity index is 1.34. The van der Waals surface area contributed by atoms with Gasteiger partial charge in [-0.05, 0) is 62.3 Å². The number of aromatic nitrogens is 2. The van der Waals surface area contributed by atoms with Crippen LogP contribution in [0.3, 0.4) is 0 Å². The minimum atomic E-state index is -4.72. The molecule has 2 aromatic carbocycles. The van der Waals surface area contributed by atoms with Crippen LogP contribution < -0.4 is 20.7 Å². The van der Waals surface area contributed by atoms with E-state index in [-0.39, 0.29) is 60.7 Å². The van der Waals surface area contributed by atoms with E-state index in [1.54, 1.807) is 0 Å². The standard InChI is InChI=1S/C28H29F6N5O4/c1-43-22-12-21-20(11-17(22)23(40)36-16-5-3-15(4-6-16)27(29,30)31)38-25(39-21)37-19-10-14(2-7-18(19)28(32,33)34)13-35-24(41)26(42)8-9-26/h2,7,10-12,15-16,42H,3-6,8-9,13H2,1H3,(H,35,41)(H,36,40)(H2,37,38,39)/t15-,16-. The third kappa shape index (κ3) is 6.81. The first kappa shape index (κ1) is 30.4. The number of imidazole rings is 1. The quantitative estimate of drug-likeness (QED) is 0.219. The monoisotopic (exact) mass is 613 g/mol. The number of carbonyl (C=O) groups excluding carboxylic acids is 2. The third-order valence-electron chi connectivity index (χ3n) is 7.81. The number of anilines is 2. The highest BCUT2D eigenvalue weighted by Crippen LogP contribution is 2.39. The van der Waals surface area contributed by atoms with Gasteiger partial charge in [-0.15, -0.1) is 0 Å². The highest BCUT2D eigenvalue weighted by Gasteiger charge is 2.48. The molecular weight excluding hydrogens is 584 g/mol. The summed E-state index contributed by atoms with van der Waals surface area (Å²) in [6, 6.07) is 5.67. The number of benzene rings is 2. The Labute approximate surface area is 241 Å². The lowest BCUT2D eigenvalue weighted by atomic mass is 9.85. The Bertz CT molecular complexity index is 1520. The number of aliphatic hydroxyl groups is 1. The minimum Gasteiger partial charge on any atom is -0.496 e. The van der Waals surface area contributed by atoms with Crippen LogP contribution in [0.15, 0.2) is 30.3 Å². The van der Waals surface area contributed by atoms with Crippen LogP contribution >= 0.6 is 0 Å². The van der Waals surface area contributed by atoms with Gasteiger partial charge >= 0.3 is 12.4 Å². The van der Waals surface area contributed by atoms with Gasteiger partial charge in [0.05, 0.1) is 40.9 Å². The van der Waals surface area contributed by atoms with Gasteiger partial charge in [0, 0.05) is 18.7 Å². The molecule has 43 heavy (non-hydrogen) atoms. The van der Waals surface area contributed by atoms with Crippen molar-refractivity contribution in [1.29, 1.82) is 0 Å². The number of carbonyl (C=O) groups is 2. The van der Waals surface area contributed by atoms with E-state index in [4.69, 9.17) is 4.74 Å². The molecule has 2 amide bonds. The number of methoxy groups -OCH3 is 1. The van der Waals surface area contributed by atoms with Crippen LogP contribution in [-0.4, -0.2) is 51.8 Å². The first-order chi connectivity index (χ1) is 20.2. The second-order valence-electron chi connectivity index (χ2n) is 10.9. The molecule has 0 unspecified atom stereocenters. The van der Waals surface area contributed by atoms with Gasteiger partial charge in [-0.25, -0.2) is 4.98 Å². The summed E-state index contributed by atoms with van der Waals surface area (Å²) >= 11 is 0. The van der Waals surface area contributed by atoms with Crippen molar-refractivity contribution in [3.63, 3.8) is 0 Å². The molecular formula is C28H29F6N5O4. The SMILES string of the molecule is COc1cc2[nH]c(Nc3cc(CNC(=O)C4(O)CC4)ccc3C(F)(F)F)nc2cc1C(=O)N[C@H]1CC[C@H](C(F)(F)F)CC1. The van der Waals surface area contributed by atoms with E-state index < -0.39 is 47.3 Å². The molecule has 15 heteroatoms. The number of hydrogen-bond acceptors (Lipinski definition) is 6. The predicted octanol–water partition coefficient (Wildman–Crippen LogP) is 5.33. The van der Waals surface area contributed by atoms with Crippen LogP contribution in [0, 0.1) is 5.92 Å². The van der Waals surface area contributed by atoms with Crippen LogP contribution in [-0.2, 0) is 17.5 Å². The highest BCUT2D eigenvalue weighted by atomic mass is 19.4. The van der Waals surface area contributed by atoms with Crippen molar-refractivity contribution >= 4 is 34.5 Å². The number of fused-ring (bicyclic) bond motifs is 1. The van der Waals surface area contributed by atoms with Crippen molar-refractivity contribution in [2.24, 2.45) is 5.92 Å². The van der Waals surface area contributed by atoms with E-state index in [2.05, 4.69) is 25.9 Å². The molecule has 0 saturated heterocycles. The number of amides is 2. The smallest absolute Gasteiger partial charge is 0.418 e. The van der Waals surface area contributed by atoms with Gasteiger partial charge in [0.2, 0.25) is 5.95 Å². The van der Waals surface area contributed by atoms with Gasteiger partial charge in [0.15, 0.2) is 0 Å². The number of nitrogens with one attached hydrogen (secondary N) is 4. The largest absolute Gasteiger partial charge is 0.496 e. The second kappa shape index (κ2) is 11.2. The number of nitrogens with zero attached hydrogens (tertiary/aromatic N) is 1. The first-order valence-electron chi connectivity index (χ1n) is 13.6. The number of aromatic amines is 1. The lowest BCUT2D eigenvalue weighted by Gasteiger charge is -2.30. The molecule has 2 aliphatic carbocycles. The van der Waals surface area contributed by atoms with Gasteiger partial charge in [0.1, 0.15) is 11.4 Å². The number of ether oxygens (including phenoxy) is 1. The molecule has 0 aliphatic heterocycles. The topological polar surface area (TPSA) is 128 Å². The van der Waals surface area contributed by atoms with Crippen molar-refractivity contribution in [1.82, 2.24) is 20.6 Å². The Morgan fingerprint density at radius 2 is 1.77 bits per heavy atom. The fraction of sp³-hybridized carbons (Fsp3) is 0.464. The van der Waals surface area contributed by atoms with Crippen LogP contribution in [0.2, 0.25) is 0 Å². The predicted molar refractivity (Wildman–Crippen MR) is 143 cm³/mol. The maximum absolute atomic E-state index is 13.8. The summed E-state index contributed by atoms with van der Waals surface area (Å²) in [7, 11) is 1.32. The lowest BCUT2D eigenvalue weighted by molar-refractivity contribution is -0.182. The first-order valence-corrected chi connectivity index (χ1v) is 13.6. The van der Waals surface area contributed by atoms with E-state index in [9.17, 15) is 41.0 Å². The molecule has 0 bridgehead atoms. The number of rotatable bonds is 8. The van der Waals surface area contributed by atoms with Gasteiger partial charge < -0.3 is 30.8 Å². The highest BCUT2D eigenvalue weighted by molar-refractivity contribution is 6.01. The van der Waals surface area contributed by atoms with Crippen LogP contribution in [0.5, 0.6) is 5.75 Å². The van der Waals surface area contributed by atoms with E-state index in [1.165, 1.54) is 31.4 Å². The van der Waals surface area contributed by atoms with Gasteiger partial charge in [-0.3, -0.25) is 9.59 Å². The molecule has 5 N–H and O–H groups in total. The zero-order valence-electron chi connectivity index (χ0n) is 22.9. The van der Waals surface area contributed by atoms with Crippen LogP contribution in [0.25, 0.3) is 11.0 Å². The van der Waals surface area contributed by atoms with E-state index in [0.717, 1.165) is 6.07 Å². The summed E-state index contributed by atoms with van der Waals surface area (Å²) in [4.78, 5) is 32.2. The van der Waals surface area contributed by atoms with Gasteiger partial charge in [0.25, 0.3) is 11.8 Å². The Morgan fingerprint density at radius 3 is 2.37 bits per heavy atom. The van der Waals surface area contributed by atoms with Crippen LogP contribution in [0.1, 0.15) is 60.0 Å². The second-order valence-corrected chi connectivity index (χ2v) is 10.9. The van der Waals surface area contributed by atoms with Crippen LogP contribution in [0.4, 0.5) is 38.0 Å². The van der Waals surface area contributed by atoms with E-state index in [0.29, 0.717) is 23.9 Å². The van der Waals surface area contributed by atoms with E-state index in [1.807, 2.05) is 0 Å². The Hall–Kier alpha value is -4.01. The molecule has 0 atom stereocenters. The fourth-order valence-electron chi connectivity index (χ4n) is 5.14. The zero-order chi connectivity index (χ0) is 31.2. The van der Waals surface area contributed by atoms with Crippen molar-refractivity contribution in [2.45, 2.75) is 69.1 Å². The molecule has 2 saturated carbocycles. The summed E-state index contributed by atoms with van der Waals surface area (Å²) in [6.07, 6.45) is -8.18. The summed E-state index contributed by atoms with van der Waals surface area (Å²) < 4.78 is 85.7. The normalized spacial score (nSPS) is 20.0. The zero-order valence-corrected chi connectivity index (χ0v) is 22.9. The molecule has 0 radical (unpaired) electrons. The molecule has 9 nitrogen and oxygen atoms in total. The summed E-state index contributed by atoms with van der Waals surface area (Å²) in [5, 5.41) is 17.8. The van der Waals surface area contributed by atoms with Crippen molar-refractivity contribution in [3.05, 3.63) is 47.0 Å². The molecule has 2 fully saturated rings. The summed E-state index contributed by atoms with van der Waals surface area (Å²) in [5.74, 6) is -2.50. The number of halogens is 6. The fourth-order valence-corrected chi connectivity index (χ4v) is 5.14. The Kier molecular flexibility index (Phi) is 7.96. The minimum absolute atomic E-state index is 0.0667. The van der Waals surface area contributed by atoms with Crippen molar-refractivity contribution in [3.8, 4) is 5.75 Å². The summed E-state index contributed by atoms with van der Waals surface area (Å²) in [6.45, 7) is -0.110. The van der Waals surface area contributed by atoms with Crippen molar-refractivity contribution in [2.75, 3.05) is 12.4 Å². The Morgan fingerprint density at radius 1 is 1.07 bits per heavy atom. The maximum atomic E-state index is 13.8. The average Bonchev–Trinajstić information content (AvgIpc) is 3.57. The third-order valence-corrected chi connectivity index (χ3v) is 7.81. The molecule has 1 heterocycles. The molecule has 0 spiro atoms. The molecule has 3 aromatic rings.